The van der Waals surface area contributed by atoms with E-state index < -0.39 is 24.6 Å². The lowest BCUT2D eigenvalue weighted by molar-refractivity contribution is -0.148. The third kappa shape index (κ3) is 4.50. The molecule has 2 N–H and O–H groups in total. The highest BCUT2D eigenvalue weighted by Gasteiger charge is 2.19. The number of esters is 1. The van der Waals surface area contributed by atoms with Crippen LogP contribution in [-0.2, 0) is 9.53 Å². The Kier molecular flexibility index (Phi) is 6.23. The molecule has 0 spiro atoms. The summed E-state index contributed by atoms with van der Waals surface area (Å²) in [5.74, 6) is -1.22. The SMILES string of the molecule is CC(C(=O)OCC(O)CO)c1cccc(C(=O)c2ccccc2)c1. The third-order valence-electron chi connectivity index (χ3n) is 3.67. The topological polar surface area (TPSA) is 83.8 Å². The first kappa shape index (κ1) is 17.8. The number of aliphatic hydroxyl groups is 2. The lowest BCUT2D eigenvalue weighted by Crippen LogP contribution is -2.24. The fraction of sp³-hybridized carbons (Fsp3) is 0.263. The first-order valence-corrected chi connectivity index (χ1v) is 7.68. The van der Waals surface area contributed by atoms with Gasteiger partial charge < -0.3 is 14.9 Å². The second kappa shape index (κ2) is 8.38. The molecule has 2 rings (SSSR count). The standard InChI is InChI=1S/C19H20O5/c1-13(19(23)24-12-17(21)11-20)15-8-5-9-16(10-15)18(22)14-6-3-2-4-7-14/h2-10,13,17,20-21H,11-12H2,1H3. The van der Waals surface area contributed by atoms with Crippen molar-refractivity contribution in [3.8, 4) is 0 Å². The van der Waals surface area contributed by atoms with Crippen LogP contribution in [0.25, 0.3) is 0 Å². The van der Waals surface area contributed by atoms with E-state index in [9.17, 15) is 14.7 Å². The summed E-state index contributed by atoms with van der Waals surface area (Å²) in [7, 11) is 0. The molecule has 0 bridgehead atoms. The van der Waals surface area contributed by atoms with Crippen molar-refractivity contribution < 1.29 is 24.5 Å². The van der Waals surface area contributed by atoms with Gasteiger partial charge in [-0.2, -0.15) is 0 Å². The molecule has 0 saturated carbocycles. The Morgan fingerprint density at radius 3 is 2.38 bits per heavy atom. The van der Waals surface area contributed by atoms with Crippen molar-refractivity contribution in [1.29, 1.82) is 0 Å². The summed E-state index contributed by atoms with van der Waals surface area (Å²) in [6.45, 7) is 0.935. The van der Waals surface area contributed by atoms with Crippen molar-refractivity contribution in [2.45, 2.75) is 18.9 Å². The molecular formula is C19H20O5. The number of ether oxygens (including phenoxy) is 1. The molecule has 0 radical (unpaired) electrons. The number of hydrogen-bond acceptors (Lipinski definition) is 5. The van der Waals surface area contributed by atoms with Crippen molar-refractivity contribution in [3.05, 3.63) is 71.3 Å². The van der Waals surface area contributed by atoms with Gasteiger partial charge in [0.15, 0.2) is 5.78 Å². The minimum absolute atomic E-state index is 0.117. The number of hydrogen-bond donors (Lipinski definition) is 2. The van der Waals surface area contributed by atoms with Crippen molar-refractivity contribution in [2.75, 3.05) is 13.2 Å². The summed E-state index contributed by atoms with van der Waals surface area (Å²) < 4.78 is 4.96. The van der Waals surface area contributed by atoms with Crippen LogP contribution < -0.4 is 0 Å². The fourth-order valence-corrected chi connectivity index (χ4v) is 2.20. The Bertz CT molecular complexity index is 696. The van der Waals surface area contributed by atoms with Gasteiger partial charge in [0.1, 0.15) is 12.7 Å². The number of rotatable bonds is 7. The van der Waals surface area contributed by atoms with Gasteiger partial charge in [0.05, 0.1) is 12.5 Å². The highest BCUT2D eigenvalue weighted by Crippen LogP contribution is 2.20. The summed E-state index contributed by atoms with van der Waals surface area (Å²) in [6.07, 6.45) is -1.09. The Hall–Kier alpha value is -2.50. The average Bonchev–Trinajstić information content (AvgIpc) is 2.65. The normalized spacial score (nSPS) is 13.1. The van der Waals surface area contributed by atoms with E-state index >= 15 is 0 Å². The van der Waals surface area contributed by atoms with Crippen LogP contribution in [0, 0.1) is 0 Å². The van der Waals surface area contributed by atoms with E-state index in [2.05, 4.69) is 0 Å². The van der Waals surface area contributed by atoms with Crippen LogP contribution in [0.3, 0.4) is 0 Å². The Morgan fingerprint density at radius 2 is 1.71 bits per heavy atom. The smallest absolute Gasteiger partial charge is 0.313 e. The van der Waals surface area contributed by atoms with E-state index in [4.69, 9.17) is 9.84 Å². The maximum atomic E-state index is 12.5. The molecule has 0 saturated heterocycles. The highest BCUT2D eigenvalue weighted by molar-refractivity contribution is 6.09. The molecule has 0 fully saturated rings. The third-order valence-corrected chi connectivity index (χ3v) is 3.67. The molecule has 24 heavy (non-hydrogen) atoms. The number of carbonyl (C=O) groups excluding carboxylic acids is 2. The molecule has 0 amide bonds. The van der Waals surface area contributed by atoms with Crippen molar-refractivity contribution >= 4 is 11.8 Å². The second-order valence-corrected chi connectivity index (χ2v) is 5.51. The predicted octanol–water partition coefficient (Wildman–Crippen LogP) is 1.92. The number of benzene rings is 2. The molecule has 5 nitrogen and oxygen atoms in total. The lowest BCUT2D eigenvalue weighted by atomic mass is 9.96. The van der Waals surface area contributed by atoms with Crippen LogP contribution in [0.1, 0.15) is 34.3 Å². The van der Waals surface area contributed by atoms with Gasteiger partial charge in [-0.1, -0.05) is 48.5 Å². The molecule has 0 aliphatic rings. The second-order valence-electron chi connectivity index (χ2n) is 5.51. The molecule has 126 valence electrons. The van der Waals surface area contributed by atoms with E-state index in [0.717, 1.165) is 0 Å². The van der Waals surface area contributed by atoms with Crippen LogP contribution >= 0.6 is 0 Å². The fourth-order valence-electron chi connectivity index (χ4n) is 2.20. The minimum Gasteiger partial charge on any atom is -0.462 e. The molecular weight excluding hydrogens is 308 g/mol. The quantitative estimate of drug-likeness (QED) is 0.599. The Labute approximate surface area is 140 Å². The van der Waals surface area contributed by atoms with Gasteiger partial charge in [0, 0.05) is 11.1 Å². The number of aliphatic hydroxyl groups excluding tert-OH is 2. The van der Waals surface area contributed by atoms with Crippen LogP contribution in [0.5, 0.6) is 0 Å². The average molecular weight is 328 g/mol. The molecule has 0 heterocycles. The van der Waals surface area contributed by atoms with Crippen LogP contribution in [0.2, 0.25) is 0 Å². The van der Waals surface area contributed by atoms with Gasteiger partial charge in [-0.3, -0.25) is 9.59 Å². The summed E-state index contributed by atoms with van der Waals surface area (Å²) in [5, 5.41) is 18.0. The maximum Gasteiger partial charge on any atom is 0.313 e. The Morgan fingerprint density at radius 1 is 1.04 bits per heavy atom. The van der Waals surface area contributed by atoms with Crippen LogP contribution in [0.4, 0.5) is 0 Å². The van der Waals surface area contributed by atoms with E-state index in [1.54, 1.807) is 55.5 Å². The van der Waals surface area contributed by atoms with E-state index in [0.29, 0.717) is 16.7 Å². The van der Waals surface area contributed by atoms with Crippen LogP contribution in [0.15, 0.2) is 54.6 Å². The molecule has 5 heteroatoms. The number of carbonyl (C=O) groups is 2. The van der Waals surface area contributed by atoms with Gasteiger partial charge in [-0.15, -0.1) is 0 Å². The van der Waals surface area contributed by atoms with Crippen LogP contribution in [-0.4, -0.2) is 41.3 Å². The lowest BCUT2D eigenvalue weighted by Gasteiger charge is -2.14. The van der Waals surface area contributed by atoms with E-state index in [1.165, 1.54) is 0 Å². The van der Waals surface area contributed by atoms with Crippen molar-refractivity contribution in [1.82, 2.24) is 0 Å². The maximum absolute atomic E-state index is 12.5. The van der Waals surface area contributed by atoms with Crippen molar-refractivity contribution in [3.63, 3.8) is 0 Å². The summed E-state index contributed by atoms with van der Waals surface area (Å²) in [5.41, 5.74) is 1.73. The minimum atomic E-state index is -1.09. The largest absolute Gasteiger partial charge is 0.462 e. The molecule has 2 atom stereocenters. The predicted molar refractivity (Wildman–Crippen MR) is 88.8 cm³/mol. The van der Waals surface area contributed by atoms with E-state index in [1.807, 2.05) is 6.07 Å². The zero-order chi connectivity index (χ0) is 17.5. The highest BCUT2D eigenvalue weighted by atomic mass is 16.5. The first-order valence-electron chi connectivity index (χ1n) is 7.68. The number of ketones is 1. The van der Waals surface area contributed by atoms with Gasteiger partial charge in [0.2, 0.25) is 0 Å². The summed E-state index contributed by atoms with van der Waals surface area (Å²) in [6, 6.07) is 15.7. The molecule has 0 aliphatic carbocycles. The van der Waals surface area contributed by atoms with Gasteiger partial charge in [0.25, 0.3) is 0 Å². The summed E-state index contributed by atoms with van der Waals surface area (Å²) >= 11 is 0. The Balaban J connectivity index is 2.12. The molecule has 0 aromatic heterocycles. The van der Waals surface area contributed by atoms with Gasteiger partial charge >= 0.3 is 5.97 Å². The van der Waals surface area contributed by atoms with E-state index in [-0.39, 0.29) is 12.4 Å². The molecule has 2 aromatic rings. The zero-order valence-electron chi connectivity index (χ0n) is 13.4. The monoisotopic (exact) mass is 328 g/mol. The molecule has 2 aromatic carbocycles. The first-order chi connectivity index (χ1) is 11.5. The molecule has 2 unspecified atom stereocenters. The van der Waals surface area contributed by atoms with Crippen molar-refractivity contribution in [2.24, 2.45) is 0 Å². The van der Waals surface area contributed by atoms with Gasteiger partial charge in [-0.05, 0) is 18.6 Å². The molecule has 0 aliphatic heterocycles. The zero-order valence-corrected chi connectivity index (χ0v) is 13.4. The van der Waals surface area contributed by atoms with Gasteiger partial charge in [-0.25, -0.2) is 0 Å². The summed E-state index contributed by atoms with van der Waals surface area (Å²) in [4.78, 5) is 24.5.